The number of aromatic nitrogens is 3. The molecule has 2 amide bonds. The molecular weight excluding hydrogens is 398 g/mol. The van der Waals surface area contributed by atoms with Crippen LogP contribution in [0, 0.1) is 0 Å². The summed E-state index contributed by atoms with van der Waals surface area (Å²) in [5.74, 6) is 0.540. The monoisotopic (exact) mass is 413 g/mol. The molecule has 7 nitrogen and oxygen atoms in total. The Labute approximate surface area is 170 Å². The van der Waals surface area contributed by atoms with Gasteiger partial charge in [0.05, 0.1) is 23.6 Å². The zero-order valence-corrected chi connectivity index (χ0v) is 16.3. The summed E-state index contributed by atoms with van der Waals surface area (Å²) in [4.78, 5) is 28.8. The van der Waals surface area contributed by atoms with Gasteiger partial charge in [0.25, 0.3) is 0 Å². The third-order valence-electron chi connectivity index (χ3n) is 4.22. The van der Waals surface area contributed by atoms with Gasteiger partial charge in [-0.2, -0.15) is 16.9 Å². The molecule has 0 radical (unpaired) electrons. The molecule has 0 atom stereocenters. The van der Waals surface area contributed by atoms with E-state index in [4.69, 9.17) is 11.6 Å². The maximum atomic E-state index is 12.5. The lowest BCUT2D eigenvalue weighted by Gasteiger charge is -2.11. The number of carbonyl (C=O) groups is 2. The first kappa shape index (κ1) is 18.5. The van der Waals surface area contributed by atoms with Gasteiger partial charge in [0.2, 0.25) is 0 Å². The minimum Gasteiger partial charge on any atom is -0.342 e. The number of pyridine rings is 1. The second kappa shape index (κ2) is 8.04. The summed E-state index contributed by atoms with van der Waals surface area (Å²) in [6.45, 7) is 0.178. The van der Waals surface area contributed by atoms with Crippen LogP contribution in [0.15, 0.2) is 48.7 Å². The van der Waals surface area contributed by atoms with Crippen LogP contribution in [0.1, 0.15) is 17.0 Å². The molecule has 0 unspecified atom stereocenters. The predicted octanol–water partition coefficient (Wildman–Crippen LogP) is 2.92. The molecule has 1 aliphatic heterocycles. The lowest BCUT2D eigenvalue weighted by Crippen LogP contribution is -2.35. The van der Waals surface area contributed by atoms with E-state index in [1.165, 1.54) is 0 Å². The van der Waals surface area contributed by atoms with E-state index < -0.39 is 11.8 Å². The van der Waals surface area contributed by atoms with Gasteiger partial charge >= 0.3 is 11.8 Å². The number of hydrogen-bond acceptors (Lipinski definition) is 5. The molecule has 2 aromatic heterocycles. The Morgan fingerprint density at radius 1 is 1.11 bits per heavy atom. The highest BCUT2D eigenvalue weighted by Gasteiger charge is 2.26. The highest BCUT2D eigenvalue weighted by molar-refractivity contribution is 7.98. The van der Waals surface area contributed by atoms with E-state index in [2.05, 4.69) is 20.7 Å². The number of rotatable bonds is 4. The molecule has 28 heavy (non-hydrogen) atoms. The normalized spacial score (nSPS) is 12.5. The van der Waals surface area contributed by atoms with E-state index in [1.54, 1.807) is 46.9 Å². The third kappa shape index (κ3) is 3.88. The van der Waals surface area contributed by atoms with Gasteiger partial charge in [0.1, 0.15) is 5.82 Å². The molecule has 2 N–H and O–H groups in total. The molecule has 0 spiro atoms. The number of nitrogens with one attached hydrogen (secondary N) is 2. The van der Waals surface area contributed by atoms with E-state index >= 15 is 0 Å². The van der Waals surface area contributed by atoms with Crippen molar-refractivity contribution >= 4 is 41.0 Å². The first-order valence-corrected chi connectivity index (χ1v) is 10.1. The predicted molar refractivity (Wildman–Crippen MR) is 108 cm³/mol. The first-order valence-electron chi connectivity index (χ1n) is 8.55. The quantitative estimate of drug-likeness (QED) is 0.642. The second-order valence-corrected chi connectivity index (χ2v) is 7.53. The number of nitrogens with zero attached hydrogens (tertiary/aromatic N) is 3. The minimum absolute atomic E-state index is 0.178. The molecule has 0 aliphatic carbocycles. The second-order valence-electron chi connectivity index (χ2n) is 6.11. The molecule has 0 saturated heterocycles. The number of fused-ring (bicyclic) bond motifs is 1. The molecule has 3 aromatic rings. The van der Waals surface area contributed by atoms with E-state index in [9.17, 15) is 9.59 Å². The zero-order chi connectivity index (χ0) is 19.5. The van der Waals surface area contributed by atoms with Crippen molar-refractivity contribution in [3.63, 3.8) is 0 Å². The van der Waals surface area contributed by atoms with Crippen molar-refractivity contribution in [3.8, 4) is 5.69 Å². The molecular formula is C19H16ClN5O2S. The van der Waals surface area contributed by atoms with Gasteiger partial charge in [-0.1, -0.05) is 17.7 Å². The van der Waals surface area contributed by atoms with E-state index in [1.807, 2.05) is 18.2 Å². The van der Waals surface area contributed by atoms with Crippen LogP contribution in [-0.2, 0) is 27.6 Å². The molecule has 1 aromatic carbocycles. The first-order chi connectivity index (χ1) is 13.6. The standard InChI is InChI=1S/C19H16ClN5O2S/c20-12-4-6-14(7-5-12)25-17(15-10-28-11-16(15)24-25)23-19(27)18(26)22-9-13-3-1-2-8-21-13/h1-8H,9-11H2,(H,22,26)(H,23,27). The van der Waals surface area contributed by atoms with E-state index in [-0.39, 0.29) is 6.54 Å². The van der Waals surface area contributed by atoms with Crippen molar-refractivity contribution < 1.29 is 9.59 Å². The molecule has 9 heteroatoms. The topological polar surface area (TPSA) is 88.9 Å². The number of hydrogen-bond donors (Lipinski definition) is 2. The lowest BCUT2D eigenvalue weighted by atomic mass is 10.2. The number of thioether (sulfide) groups is 1. The average Bonchev–Trinajstić information content (AvgIpc) is 3.30. The van der Waals surface area contributed by atoms with Gasteiger partial charge in [-0.05, 0) is 36.4 Å². The van der Waals surface area contributed by atoms with Crippen LogP contribution in [-0.4, -0.2) is 26.6 Å². The lowest BCUT2D eigenvalue weighted by molar-refractivity contribution is -0.136. The van der Waals surface area contributed by atoms with Crippen molar-refractivity contribution in [1.82, 2.24) is 20.1 Å². The van der Waals surface area contributed by atoms with Crippen LogP contribution in [0.25, 0.3) is 5.69 Å². The fraction of sp³-hybridized carbons (Fsp3) is 0.158. The van der Waals surface area contributed by atoms with Crippen molar-refractivity contribution in [3.05, 3.63) is 70.6 Å². The molecule has 0 fully saturated rings. The van der Waals surface area contributed by atoms with Gasteiger partial charge < -0.3 is 10.6 Å². The molecule has 142 valence electrons. The number of amides is 2. The summed E-state index contributed by atoms with van der Waals surface area (Å²) in [7, 11) is 0. The summed E-state index contributed by atoms with van der Waals surface area (Å²) in [5.41, 5.74) is 3.27. The Hall–Kier alpha value is -2.84. The summed E-state index contributed by atoms with van der Waals surface area (Å²) in [6, 6.07) is 12.5. The van der Waals surface area contributed by atoms with Gasteiger partial charge in [-0.15, -0.1) is 0 Å². The Bertz CT molecular complexity index is 1020. The smallest absolute Gasteiger partial charge is 0.314 e. The fourth-order valence-corrected chi connectivity index (χ4v) is 3.99. The number of carbonyl (C=O) groups excluding carboxylic acids is 2. The van der Waals surface area contributed by atoms with Gasteiger partial charge in [0, 0.05) is 28.3 Å². The molecule has 0 bridgehead atoms. The Morgan fingerprint density at radius 3 is 2.68 bits per heavy atom. The van der Waals surface area contributed by atoms with Crippen molar-refractivity contribution in [2.24, 2.45) is 0 Å². The number of anilines is 1. The summed E-state index contributed by atoms with van der Waals surface area (Å²) in [6.07, 6.45) is 1.63. The maximum absolute atomic E-state index is 12.5. The third-order valence-corrected chi connectivity index (χ3v) is 5.44. The van der Waals surface area contributed by atoms with Crippen LogP contribution in [0.3, 0.4) is 0 Å². The molecule has 3 heterocycles. The molecule has 1 aliphatic rings. The van der Waals surface area contributed by atoms with Gasteiger partial charge in [-0.25, -0.2) is 4.68 Å². The molecule has 0 saturated carbocycles. The summed E-state index contributed by atoms with van der Waals surface area (Å²) < 4.78 is 1.64. The largest absolute Gasteiger partial charge is 0.342 e. The summed E-state index contributed by atoms with van der Waals surface area (Å²) in [5, 5.41) is 10.5. The van der Waals surface area contributed by atoms with Gasteiger partial charge in [0.15, 0.2) is 0 Å². The van der Waals surface area contributed by atoms with Crippen molar-refractivity contribution in [2.45, 2.75) is 18.1 Å². The van der Waals surface area contributed by atoms with Crippen LogP contribution >= 0.6 is 23.4 Å². The Kier molecular flexibility index (Phi) is 5.31. The number of benzene rings is 1. The fourth-order valence-electron chi connectivity index (χ4n) is 2.83. The van der Waals surface area contributed by atoms with Crippen LogP contribution in [0.4, 0.5) is 5.82 Å². The number of halogens is 1. The minimum atomic E-state index is -0.745. The Balaban J connectivity index is 1.53. The average molecular weight is 414 g/mol. The highest BCUT2D eigenvalue weighted by atomic mass is 35.5. The van der Waals surface area contributed by atoms with Crippen LogP contribution < -0.4 is 10.6 Å². The van der Waals surface area contributed by atoms with Crippen molar-refractivity contribution in [1.29, 1.82) is 0 Å². The summed E-state index contributed by atoms with van der Waals surface area (Å²) >= 11 is 7.68. The van der Waals surface area contributed by atoms with Gasteiger partial charge in [-0.3, -0.25) is 14.6 Å². The van der Waals surface area contributed by atoms with Crippen LogP contribution in [0.5, 0.6) is 0 Å². The molecule has 4 rings (SSSR count). The van der Waals surface area contributed by atoms with E-state index in [0.29, 0.717) is 16.5 Å². The van der Waals surface area contributed by atoms with Crippen molar-refractivity contribution in [2.75, 3.05) is 5.32 Å². The highest BCUT2D eigenvalue weighted by Crippen LogP contribution is 2.36. The Morgan fingerprint density at radius 2 is 1.93 bits per heavy atom. The van der Waals surface area contributed by atoms with E-state index in [0.717, 1.165) is 28.5 Å². The zero-order valence-electron chi connectivity index (χ0n) is 14.7. The SMILES string of the molecule is O=C(NCc1ccccn1)C(=O)Nc1c2c(nn1-c1ccc(Cl)cc1)CSC2. The van der Waals surface area contributed by atoms with Crippen LogP contribution in [0.2, 0.25) is 5.02 Å². The maximum Gasteiger partial charge on any atom is 0.314 e.